The molecule has 5 nitrogen and oxygen atoms in total. The van der Waals surface area contributed by atoms with Crippen molar-refractivity contribution in [2.24, 2.45) is 0 Å². The molecule has 0 unspecified atom stereocenters. The number of nitrogens with one attached hydrogen (secondary N) is 1. The molecule has 0 aliphatic carbocycles. The van der Waals surface area contributed by atoms with Crippen LogP contribution in [0.1, 0.15) is 12.0 Å². The maximum absolute atomic E-state index is 12.2. The molecule has 0 aliphatic heterocycles. The van der Waals surface area contributed by atoms with Crippen LogP contribution >= 0.6 is 0 Å². The van der Waals surface area contributed by atoms with Crippen LogP contribution in [0.3, 0.4) is 0 Å². The van der Waals surface area contributed by atoms with Crippen LogP contribution in [0.5, 0.6) is 0 Å². The largest absolute Gasteiger partial charge is 0.280 e. The summed E-state index contributed by atoms with van der Waals surface area (Å²) in [7, 11) is 0. The first-order chi connectivity index (χ1) is 10.7. The Morgan fingerprint density at radius 1 is 1.05 bits per heavy atom. The average molecular weight is 293 g/mol. The second-order valence-electron chi connectivity index (χ2n) is 4.96. The lowest BCUT2D eigenvalue weighted by atomic mass is 10.1. The van der Waals surface area contributed by atoms with E-state index < -0.39 is 0 Å². The number of para-hydroxylation sites is 1. The number of amides is 1. The lowest BCUT2D eigenvalue weighted by Gasteiger charge is -2.08. The van der Waals surface area contributed by atoms with E-state index in [2.05, 4.69) is 10.4 Å². The lowest BCUT2D eigenvalue weighted by Crippen LogP contribution is -2.33. The molecule has 0 fully saturated rings. The van der Waals surface area contributed by atoms with Crippen molar-refractivity contribution in [1.82, 2.24) is 9.66 Å². The number of benzene rings is 2. The molecule has 0 bridgehead atoms. The third-order valence-electron chi connectivity index (χ3n) is 3.39. The van der Waals surface area contributed by atoms with Gasteiger partial charge in [-0.05, 0) is 24.1 Å². The zero-order valence-corrected chi connectivity index (χ0v) is 11.9. The fraction of sp³-hybridized carbons (Fsp3) is 0.118. The summed E-state index contributed by atoms with van der Waals surface area (Å²) < 4.78 is 1.13. The zero-order valence-electron chi connectivity index (χ0n) is 11.9. The van der Waals surface area contributed by atoms with Gasteiger partial charge < -0.3 is 0 Å². The normalized spacial score (nSPS) is 10.5. The van der Waals surface area contributed by atoms with Crippen molar-refractivity contribution in [1.29, 1.82) is 0 Å². The second kappa shape index (κ2) is 6.22. The molecular weight excluding hydrogens is 278 g/mol. The fourth-order valence-electron chi connectivity index (χ4n) is 2.24. The van der Waals surface area contributed by atoms with Crippen LogP contribution in [0.2, 0.25) is 0 Å². The van der Waals surface area contributed by atoms with Gasteiger partial charge in [-0.3, -0.25) is 15.0 Å². The Morgan fingerprint density at radius 3 is 2.59 bits per heavy atom. The summed E-state index contributed by atoms with van der Waals surface area (Å²) in [5.41, 5.74) is 3.99. The van der Waals surface area contributed by atoms with Crippen molar-refractivity contribution >= 4 is 16.8 Å². The first-order valence-corrected chi connectivity index (χ1v) is 7.04. The second-order valence-corrected chi connectivity index (χ2v) is 4.96. The maximum atomic E-state index is 12.2. The molecule has 22 heavy (non-hydrogen) atoms. The van der Waals surface area contributed by atoms with Crippen LogP contribution in [0.25, 0.3) is 10.9 Å². The van der Waals surface area contributed by atoms with E-state index in [4.69, 9.17) is 0 Å². The molecule has 0 saturated heterocycles. The molecule has 3 rings (SSSR count). The Kier molecular flexibility index (Phi) is 3.96. The first kappa shape index (κ1) is 14.0. The van der Waals surface area contributed by atoms with Gasteiger partial charge in [-0.25, -0.2) is 9.66 Å². The molecular formula is C17H15N3O2. The van der Waals surface area contributed by atoms with E-state index >= 15 is 0 Å². The number of carbonyl (C=O) groups excluding carboxylic acids is 1. The quantitative estimate of drug-likeness (QED) is 0.801. The molecule has 0 radical (unpaired) electrons. The Labute approximate surface area is 127 Å². The number of aryl methyl sites for hydroxylation is 1. The standard InChI is InChI=1S/C17H15N3O2/c21-16(11-10-13-6-2-1-3-7-13)19-20-12-18-15-9-5-4-8-14(15)17(20)22/h1-9,12H,10-11H2,(H,19,21). The third kappa shape index (κ3) is 3.03. The first-order valence-electron chi connectivity index (χ1n) is 7.04. The molecule has 3 aromatic rings. The van der Waals surface area contributed by atoms with Gasteiger partial charge in [-0.1, -0.05) is 42.5 Å². The van der Waals surface area contributed by atoms with E-state index in [9.17, 15) is 9.59 Å². The molecule has 0 spiro atoms. The highest BCUT2D eigenvalue weighted by atomic mass is 16.2. The molecule has 1 amide bonds. The minimum atomic E-state index is -0.279. The van der Waals surface area contributed by atoms with Crippen LogP contribution in [0, 0.1) is 0 Å². The van der Waals surface area contributed by atoms with Crippen molar-refractivity contribution in [3.63, 3.8) is 0 Å². The third-order valence-corrected chi connectivity index (χ3v) is 3.39. The Morgan fingerprint density at radius 2 is 1.77 bits per heavy atom. The summed E-state index contributed by atoms with van der Waals surface area (Å²) in [4.78, 5) is 28.4. The number of rotatable bonds is 4. The highest BCUT2D eigenvalue weighted by Crippen LogP contribution is 2.05. The maximum Gasteiger partial charge on any atom is 0.280 e. The SMILES string of the molecule is O=C(CCc1ccccc1)Nn1cnc2ccccc2c1=O. The lowest BCUT2D eigenvalue weighted by molar-refractivity contribution is -0.117. The summed E-state index contributed by atoms with van der Waals surface area (Å²) in [6, 6.07) is 16.8. The minimum absolute atomic E-state index is 0.219. The Balaban J connectivity index is 1.72. The summed E-state index contributed by atoms with van der Waals surface area (Å²) in [5.74, 6) is -0.219. The summed E-state index contributed by atoms with van der Waals surface area (Å²) in [6.07, 6.45) is 2.27. The van der Waals surface area contributed by atoms with E-state index in [1.165, 1.54) is 6.33 Å². The summed E-state index contributed by atoms with van der Waals surface area (Å²) in [6.45, 7) is 0. The van der Waals surface area contributed by atoms with Crippen molar-refractivity contribution in [3.8, 4) is 0 Å². The Bertz CT molecular complexity index is 856. The number of nitrogens with zero attached hydrogens (tertiary/aromatic N) is 2. The van der Waals surface area contributed by atoms with Gasteiger partial charge in [-0.15, -0.1) is 0 Å². The van der Waals surface area contributed by atoms with E-state index in [1.54, 1.807) is 18.2 Å². The number of fused-ring (bicyclic) bond motifs is 1. The van der Waals surface area contributed by atoms with Gasteiger partial charge in [0.1, 0.15) is 6.33 Å². The topological polar surface area (TPSA) is 64.0 Å². The summed E-state index contributed by atoms with van der Waals surface area (Å²) in [5, 5.41) is 0.480. The van der Waals surface area contributed by atoms with Crippen molar-refractivity contribution < 1.29 is 4.79 Å². The molecule has 5 heteroatoms. The van der Waals surface area contributed by atoms with Crippen LogP contribution < -0.4 is 11.0 Å². The molecule has 1 heterocycles. The van der Waals surface area contributed by atoms with Crippen LogP contribution in [0.15, 0.2) is 65.7 Å². The molecule has 2 aromatic carbocycles. The van der Waals surface area contributed by atoms with Gasteiger partial charge in [0.15, 0.2) is 0 Å². The van der Waals surface area contributed by atoms with E-state index in [1.807, 2.05) is 36.4 Å². The van der Waals surface area contributed by atoms with Crippen molar-refractivity contribution in [3.05, 3.63) is 76.8 Å². The number of carbonyl (C=O) groups is 1. The fourth-order valence-corrected chi connectivity index (χ4v) is 2.24. The summed E-state index contributed by atoms with van der Waals surface area (Å²) >= 11 is 0. The molecule has 0 aliphatic rings. The average Bonchev–Trinajstić information content (AvgIpc) is 2.57. The van der Waals surface area contributed by atoms with E-state index in [0.29, 0.717) is 23.7 Å². The molecule has 110 valence electrons. The van der Waals surface area contributed by atoms with E-state index in [-0.39, 0.29) is 11.5 Å². The van der Waals surface area contributed by atoms with Gasteiger partial charge in [0.05, 0.1) is 10.9 Å². The zero-order chi connectivity index (χ0) is 15.4. The van der Waals surface area contributed by atoms with Crippen molar-refractivity contribution in [2.75, 3.05) is 5.43 Å². The number of hydrogen-bond acceptors (Lipinski definition) is 3. The minimum Gasteiger partial charge on any atom is -0.273 e. The highest BCUT2D eigenvalue weighted by molar-refractivity contribution is 5.84. The van der Waals surface area contributed by atoms with Gasteiger partial charge >= 0.3 is 0 Å². The molecule has 0 saturated carbocycles. The van der Waals surface area contributed by atoms with Gasteiger partial charge in [0.2, 0.25) is 5.91 Å². The van der Waals surface area contributed by atoms with Crippen LogP contribution in [-0.2, 0) is 11.2 Å². The molecule has 1 aromatic heterocycles. The monoisotopic (exact) mass is 293 g/mol. The van der Waals surface area contributed by atoms with Gasteiger partial charge in [-0.2, -0.15) is 0 Å². The van der Waals surface area contributed by atoms with Crippen LogP contribution in [-0.4, -0.2) is 15.6 Å². The predicted octanol–water partition coefficient (Wildman–Crippen LogP) is 2.10. The van der Waals surface area contributed by atoms with Gasteiger partial charge in [0.25, 0.3) is 5.56 Å². The van der Waals surface area contributed by atoms with Crippen LogP contribution in [0.4, 0.5) is 0 Å². The molecule has 0 atom stereocenters. The predicted molar refractivity (Wildman–Crippen MR) is 85.1 cm³/mol. The smallest absolute Gasteiger partial charge is 0.273 e. The molecule has 1 N–H and O–H groups in total. The van der Waals surface area contributed by atoms with Crippen molar-refractivity contribution in [2.45, 2.75) is 12.8 Å². The highest BCUT2D eigenvalue weighted by Gasteiger charge is 2.07. The number of hydrogen-bond donors (Lipinski definition) is 1. The van der Waals surface area contributed by atoms with Gasteiger partial charge in [0, 0.05) is 6.42 Å². The van der Waals surface area contributed by atoms with E-state index in [0.717, 1.165) is 10.2 Å². The number of aromatic nitrogens is 2. The Hall–Kier alpha value is -2.95.